The number of nitrogens with one attached hydrogen (secondary N) is 1. The fourth-order valence-electron chi connectivity index (χ4n) is 2.11. The predicted molar refractivity (Wildman–Crippen MR) is 77.7 cm³/mol. The van der Waals surface area contributed by atoms with E-state index in [4.69, 9.17) is 0 Å². The first kappa shape index (κ1) is 14.0. The number of aromatic nitrogens is 3. The number of carbonyl (C=O) groups excluding carboxylic acids is 1. The van der Waals surface area contributed by atoms with Crippen molar-refractivity contribution in [1.82, 2.24) is 19.5 Å². The highest BCUT2D eigenvalue weighted by molar-refractivity contribution is 5.75. The van der Waals surface area contributed by atoms with Crippen LogP contribution in [0.15, 0.2) is 53.5 Å². The van der Waals surface area contributed by atoms with Crippen molar-refractivity contribution >= 4 is 11.6 Å². The van der Waals surface area contributed by atoms with Crippen LogP contribution in [0.25, 0.3) is 5.65 Å². The van der Waals surface area contributed by atoms with Crippen LogP contribution in [0, 0.1) is 5.82 Å². The smallest absolute Gasteiger partial charge is 0.350 e. The number of pyridine rings is 1. The number of benzene rings is 1. The zero-order chi connectivity index (χ0) is 15.5. The molecule has 3 aromatic rings. The molecule has 0 fully saturated rings. The van der Waals surface area contributed by atoms with Crippen molar-refractivity contribution in [3.63, 3.8) is 0 Å². The summed E-state index contributed by atoms with van der Waals surface area (Å²) in [5, 5.41) is 6.70. The molecule has 3 rings (SSSR count). The first-order valence-corrected chi connectivity index (χ1v) is 6.69. The van der Waals surface area contributed by atoms with Gasteiger partial charge in [-0.25, -0.2) is 13.9 Å². The minimum Gasteiger partial charge on any atom is -0.350 e. The molecular weight excluding hydrogens is 287 g/mol. The maximum Gasteiger partial charge on any atom is 0.350 e. The lowest BCUT2D eigenvalue weighted by atomic mass is 10.2. The van der Waals surface area contributed by atoms with Crippen molar-refractivity contribution < 1.29 is 9.18 Å². The lowest BCUT2D eigenvalue weighted by Gasteiger charge is -2.04. The van der Waals surface area contributed by atoms with E-state index in [0.717, 1.165) is 4.68 Å². The largest absolute Gasteiger partial charge is 0.350 e. The van der Waals surface area contributed by atoms with Gasteiger partial charge in [0, 0.05) is 12.7 Å². The highest BCUT2D eigenvalue weighted by atomic mass is 19.1. The molecule has 0 aliphatic heterocycles. The van der Waals surface area contributed by atoms with E-state index >= 15 is 0 Å². The third-order valence-electron chi connectivity index (χ3n) is 3.16. The number of nitrogens with zero attached hydrogens (tertiary/aromatic N) is 3. The monoisotopic (exact) mass is 300 g/mol. The second-order valence-corrected chi connectivity index (χ2v) is 4.78. The Kier molecular flexibility index (Phi) is 3.69. The highest BCUT2D eigenvalue weighted by Gasteiger charge is 2.10. The van der Waals surface area contributed by atoms with E-state index < -0.39 is 0 Å². The van der Waals surface area contributed by atoms with Crippen molar-refractivity contribution in [3.8, 4) is 0 Å². The van der Waals surface area contributed by atoms with Gasteiger partial charge in [-0.15, -0.1) is 5.10 Å². The summed E-state index contributed by atoms with van der Waals surface area (Å²) in [5.41, 5.74) is 0.748. The second-order valence-electron chi connectivity index (χ2n) is 4.78. The average Bonchev–Trinajstić information content (AvgIpc) is 2.82. The van der Waals surface area contributed by atoms with Gasteiger partial charge in [-0.1, -0.05) is 18.2 Å². The molecule has 0 spiro atoms. The van der Waals surface area contributed by atoms with Crippen molar-refractivity contribution in [2.24, 2.45) is 0 Å². The van der Waals surface area contributed by atoms with Gasteiger partial charge in [0.15, 0.2) is 5.65 Å². The van der Waals surface area contributed by atoms with Crippen LogP contribution in [0.4, 0.5) is 4.39 Å². The molecule has 0 aliphatic carbocycles. The van der Waals surface area contributed by atoms with Crippen molar-refractivity contribution in [2.45, 2.75) is 13.1 Å². The van der Waals surface area contributed by atoms with Gasteiger partial charge >= 0.3 is 5.69 Å². The zero-order valence-electron chi connectivity index (χ0n) is 11.6. The number of halogens is 1. The molecule has 6 nitrogen and oxygen atoms in total. The molecule has 0 atom stereocenters. The first-order chi connectivity index (χ1) is 10.6. The predicted octanol–water partition coefficient (Wildman–Crippen LogP) is 0.951. The fraction of sp³-hybridized carbons (Fsp3) is 0.133. The van der Waals surface area contributed by atoms with Crippen LogP contribution >= 0.6 is 0 Å². The van der Waals surface area contributed by atoms with E-state index in [1.165, 1.54) is 16.5 Å². The van der Waals surface area contributed by atoms with Crippen LogP contribution in [0.2, 0.25) is 0 Å². The number of rotatable bonds is 4. The van der Waals surface area contributed by atoms with E-state index in [9.17, 15) is 14.0 Å². The summed E-state index contributed by atoms with van der Waals surface area (Å²) in [6, 6.07) is 11.1. The fourth-order valence-corrected chi connectivity index (χ4v) is 2.11. The molecule has 112 valence electrons. The van der Waals surface area contributed by atoms with Gasteiger partial charge in [0.1, 0.15) is 12.4 Å². The number of fused-ring (bicyclic) bond motifs is 1. The van der Waals surface area contributed by atoms with Gasteiger partial charge in [-0.2, -0.15) is 0 Å². The maximum atomic E-state index is 13.0. The molecule has 0 saturated carbocycles. The van der Waals surface area contributed by atoms with Gasteiger partial charge in [-0.05, 0) is 29.8 Å². The summed E-state index contributed by atoms with van der Waals surface area (Å²) in [7, 11) is 0. The standard InChI is InChI=1S/C15H13FN4O2/c16-12-5-3-4-11(8-12)9-17-14(21)10-20-15(22)19-7-2-1-6-13(19)18-20/h1-8H,9-10H2,(H,17,21). The molecular formula is C15H13FN4O2. The van der Waals surface area contributed by atoms with Crippen LogP contribution < -0.4 is 11.0 Å². The molecule has 0 aliphatic rings. The summed E-state index contributed by atoms with van der Waals surface area (Å²) < 4.78 is 15.5. The Balaban J connectivity index is 1.68. The Labute approximate surface area is 124 Å². The summed E-state index contributed by atoms with van der Waals surface area (Å²) >= 11 is 0. The van der Waals surface area contributed by atoms with Crippen molar-refractivity contribution in [3.05, 3.63) is 70.5 Å². The van der Waals surface area contributed by atoms with E-state index in [2.05, 4.69) is 10.4 Å². The Morgan fingerprint density at radius 3 is 2.86 bits per heavy atom. The quantitative estimate of drug-likeness (QED) is 0.780. The third kappa shape index (κ3) is 2.88. The number of amides is 1. The zero-order valence-corrected chi connectivity index (χ0v) is 11.6. The molecule has 0 saturated heterocycles. The minimum absolute atomic E-state index is 0.185. The lowest BCUT2D eigenvalue weighted by molar-refractivity contribution is -0.122. The lowest BCUT2D eigenvalue weighted by Crippen LogP contribution is -2.32. The molecule has 0 bridgehead atoms. The summed E-state index contributed by atoms with van der Waals surface area (Å²) in [6.45, 7) is 0.00848. The van der Waals surface area contributed by atoms with Crippen LogP contribution in [0.3, 0.4) is 0 Å². The highest BCUT2D eigenvalue weighted by Crippen LogP contribution is 2.02. The Bertz CT molecular complexity index is 884. The van der Waals surface area contributed by atoms with E-state index in [1.54, 1.807) is 36.5 Å². The molecule has 1 amide bonds. The van der Waals surface area contributed by atoms with E-state index in [-0.39, 0.29) is 30.5 Å². The van der Waals surface area contributed by atoms with Crippen molar-refractivity contribution in [1.29, 1.82) is 0 Å². The summed E-state index contributed by atoms with van der Waals surface area (Å²) in [6.07, 6.45) is 1.59. The summed E-state index contributed by atoms with van der Waals surface area (Å²) in [5.74, 6) is -0.724. The van der Waals surface area contributed by atoms with E-state index in [0.29, 0.717) is 11.2 Å². The topological polar surface area (TPSA) is 68.4 Å². The summed E-state index contributed by atoms with van der Waals surface area (Å²) in [4.78, 5) is 23.9. The van der Waals surface area contributed by atoms with Crippen LogP contribution in [0.1, 0.15) is 5.56 Å². The minimum atomic E-state index is -0.378. The molecule has 1 N–H and O–H groups in total. The van der Waals surface area contributed by atoms with Crippen LogP contribution in [-0.2, 0) is 17.9 Å². The normalized spacial score (nSPS) is 10.8. The van der Waals surface area contributed by atoms with E-state index in [1.807, 2.05) is 0 Å². The Hall–Kier alpha value is -2.96. The molecule has 0 radical (unpaired) electrons. The number of hydrogen-bond donors (Lipinski definition) is 1. The van der Waals surface area contributed by atoms with Gasteiger partial charge < -0.3 is 5.32 Å². The average molecular weight is 300 g/mol. The number of hydrogen-bond acceptors (Lipinski definition) is 3. The molecule has 0 unspecified atom stereocenters. The van der Waals surface area contributed by atoms with Crippen molar-refractivity contribution in [2.75, 3.05) is 0 Å². The third-order valence-corrected chi connectivity index (χ3v) is 3.16. The molecule has 2 aromatic heterocycles. The first-order valence-electron chi connectivity index (χ1n) is 6.69. The molecule has 1 aromatic carbocycles. The Morgan fingerprint density at radius 1 is 1.23 bits per heavy atom. The molecule has 22 heavy (non-hydrogen) atoms. The van der Waals surface area contributed by atoms with Crippen LogP contribution in [-0.4, -0.2) is 20.1 Å². The Morgan fingerprint density at radius 2 is 2.09 bits per heavy atom. The SMILES string of the molecule is O=C(Cn1nc2ccccn2c1=O)NCc1cccc(F)c1. The van der Waals surface area contributed by atoms with Gasteiger partial charge in [0.05, 0.1) is 0 Å². The van der Waals surface area contributed by atoms with Gasteiger partial charge in [0.25, 0.3) is 0 Å². The maximum absolute atomic E-state index is 13.0. The van der Waals surface area contributed by atoms with Gasteiger partial charge in [-0.3, -0.25) is 9.20 Å². The van der Waals surface area contributed by atoms with Gasteiger partial charge in [0.2, 0.25) is 5.91 Å². The second kappa shape index (κ2) is 5.80. The number of carbonyl (C=O) groups is 1. The molecule has 7 heteroatoms. The van der Waals surface area contributed by atoms with Crippen LogP contribution in [0.5, 0.6) is 0 Å². The molecule has 2 heterocycles.